The van der Waals surface area contributed by atoms with E-state index in [1.54, 1.807) is 0 Å². The topological polar surface area (TPSA) is 47.6 Å². The highest BCUT2D eigenvalue weighted by molar-refractivity contribution is 7.51. The molecule has 5 heteroatoms. The first-order valence-corrected chi connectivity index (χ1v) is 13.4. The number of nitrogens with one attached hydrogen (secondary N) is 1. The Labute approximate surface area is 170 Å². The molecule has 0 fully saturated rings. The molecule has 0 amide bonds. The van der Waals surface area contributed by atoms with E-state index >= 15 is 0 Å². The smallest absolute Gasteiger partial charge is 0.297 e. The van der Waals surface area contributed by atoms with Crippen molar-refractivity contribution in [3.05, 3.63) is 0 Å². The maximum absolute atomic E-state index is 12.2. The van der Waals surface area contributed by atoms with Crippen molar-refractivity contribution in [2.24, 2.45) is 0 Å². The molecular weight excluding hydrogens is 357 g/mol. The van der Waals surface area contributed by atoms with Crippen molar-refractivity contribution in [1.29, 1.82) is 0 Å². The molecule has 4 nitrogen and oxygen atoms in total. The Morgan fingerprint density at radius 2 is 0.889 bits per heavy atom. The van der Waals surface area contributed by atoms with Crippen LogP contribution < -0.4 is 5.09 Å². The predicted molar refractivity (Wildman–Crippen MR) is 118 cm³/mol. The van der Waals surface area contributed by atoms with Gasteiger partial charge in [0.25, 0.3) is 0 Å². The average Bonchev–Trinajstić information content (AvgIpc) is 2.64. The van der Waals surface area contributed by atoms with E-state index in [-0.39, 0.29) is 0 Å². The third-order valence-electron chi connectivity index (χ3n) is 4.93. The van der Waals surface area contributed by atoms with E-state index in [4.69, 9.17) is 9.05 Å². The summed E-state index contributed by atoms with van der Waals surface area (Å²) in [6.07, 6.45) is 21.8. The molecule has 0 radical (unpaired) electrons. The van der Waals surface area contributed by atoms with Crippen molar-refractivity contribution >= 4 is 7.75 Å². The molecular formula is C22H48NO3P. The second-order valence-corrected chi connectivity index (χ2v) is 9.37. The van der Waals surface area contributed by atoms with Gasteiger partial charge in [-0.1, -0.05) is 103 Å². The molecule has 0 heterocycles. The first kappa shape index (κ1) is 27.1. The number of hydrogen-bond acceptors (Lipinski definition) is 3. The summed E-state index contributed by atoms with van der Waals surface area (Å²) < 4.78 is 22.7. The summed E-state index contributed by atoms with van der Waals surface area (Å²) in [5, 5.41) is 2.96. The monoisotopic (exact) mass is 405 g/mol. The molecule has 0 spiro atoms. The molecule has 0 aromatic heterocycles. The van der Waals surface area contributed by atoms with Gasteiger partial charge in [0.1, 0.15) is 0 Å². The lowest BCUT2D eigenvalue weighted by Gasteiger charge is -2.17. The van der Waals surface area contributed by atoms with Gasteiger partial charge in [-0.15, -0.1) is 0 Å². The van der Waals surface area contributed by atoms with Crippen molar-refractivity contribution in [1.82, 2.24) is 5.09 Å². The van der Waals surface area contributed by atoms with E-state index in [0.29, 0.717) is 19.8 Å². The quantitative estimate of drug-likeness (QED) is 0.146. The van der Waals surface area contributed by atoms with Crippen LogP contribution in [0.5, 0.6) is 0 Å². The third-order valence-corrected chi connectivity index (χ3v) is 6.74. The van der Waals surface area contributed by atoms with Crippen LogP contribution in [0.4, 0.5) is 0 Å². The number of rotatable bonds is 22. The largest absolute Gasteiger partial charge is 0.405 e. The van der Waals surface area contributed by atoms with Crippen molar-refractivity contribution < 1.29 is 13.6 Å². The van der Waals surface area contributed by atoms with E-state index in [2.05, 4.69) is 12.0 Å². The lowest BCUT2D eigenvalue weighted by Crippen LogP contribution is -2.16. The Morgan fingerprint density at radius 1 is 0.556 bits per heavy atom. The second-order valence-electron chi connectivity index (χ2n) is 7.54. The molecule has 27 heavy (non-hydrogen) atoms. The van der Waals surface area contributed by atoms with Gasteiger partial charge in [0.15, 0.2) is 0 Å². The maximum Gasteiger partial charge on any atom is 0.405 e. The predicted octanol–water partition coefficient (Wildman–Crippen LogP) is 8.02. The van der Waals surface area contributed by atoms with Crippen LogP contribution in [-0.4, -0.2) is 19.8 Å². The van der Waals surface area contributed by atoms with Gasteiger partial charge in [-0.2, -0.15) is 0 Å². The summed E-state index contributed by atoms with van der Waals surface area (Å²) in [6.45, 7) is 7.47. The first-order valence-electron chi connectivity index (χ1n) is 11.8. The molecule has 0 bridgehead atoms. The van der Waals surface area contributed by atoms with Crippen molar-refractivity contribution in [3.63, 3.8) is 0 Å². The van der Waals surface area contributed by atoms with E-state index < -0.39 is 7.75 Å². The molecule has 0 saturated heterocycles. The van der Waals surface area contributed by atoms with Crippen molar-refractivity contribution in [3.8, 4) is 0 Å². The third kappa shape index (κ3) is 19.2. The lowest BCUT2D eigenvalue weighted by atomic mass is 10.0. The maximum atomic E-state index is 12.2. The van der Waals surface area contributed by atoms with E-state index in [9.17, 15) is 4.57 Å². The molecule has 1 N–H and O–H groups in total. The minimum absolute atomic E-state index is 0.406. The number of unbranched alkanes of at least 4 members (excludes halogenated alkanes) is 15. The normalized spacial score (nSPS) is 12.0. The van der Waals surface area contributed by atoms with Gasteiger partial charge >= 0.3 is 7.75 Å². The minimum atomic E-state index is -3.06. The molecule has 0 aliphatic carbocycles. The van der Waals surface area contributed by atoms with Crippen molar-refractivity contribution in [2.75, 3.05) is 19.8 Å². The van der Waals surface area contributed by atoms with Crippen LogP contribution in [0.15, 0.2) is 0 Å². The molecule has 164 valence electrons. The fraction of sp³-hybridized carbons (Fsp3) is 1.00. The summed E-state index contributed by atoms with van der Waals surface area (Å²) in [7, 11) is -3.06. The van der Waals surface area contributed by atoms with Crippen LogP contribution in [0, 0.1) is 0 Å². The Hall–Kier alpha value is 0.110. The van der Waals surface area contributed by atoms with E-state index in [1.165, 1.54) is 96.3 Å². The van der Waals surface area contributed by atoms with Gasteiger partial charge < -0.3 is 0 Å². The zero-order chi connectivity index (χ0) is 20.1. The van der Waals surface area contributed by atoms with Crippen LogP contribution >= 0.6 is 7.75 Å². The summed E-state index contributed by atoms with van der Waals surface area (Å²) in [4.78, 5) is 0. The van der Waals surface area contributed by atoms with Crippen LogP contribution in [0.3, 0.4) is 0 Å². The summed E-state index contributed by atoms with van der Waals surface area (Å²) >= 11 is 0. The average molecular weight is 406 g/mol. The summed E-state index contributed by atoms with van der Waals surface area (Å²) in [5.74, 6) is 0. The molecule has 0 unspecified atom stereocenters. The van der Waals surface area contributed by atoms with Gasteiger partial charge in [0.2, 0.25) is 0 Å². The Balaban J connectivity index is 3.26. The second kappa shape index (κ2) is 20.8. The highest BCUT2D eigenvalue weighted by atomic mass is 31.2. The molecule has 0 aliphatic rings. The van der Waals surface area contributed by atoms with Crippen LogP contribution in [0.1, 0.15) is 124 Å². The highest BCUT2D eigenvalue weighted by Gasteiger charge is 2.21. The van der Waals surface area contributed by atoms with Gasteiger partial charge in [0, 0.05) is 6.54 Å². The number of hydrogen-bond donors (Lipinski definition) is 1. The standard InChI is InChI=1S/C22H48NO3P/c1-4-7-8-9-10-11-12-13-14-15-16-17-18-19-20-21-22-23-27(24,25-5-2)26-6-3/h4-22H2,1-3H3,(H,23,24). The molecule has 0 aromatic carbocycles. The molecule has 0 atom stereocenters. The Bertz CT molecular complexity index is 330. The molecule has 0 rings (SSSR count). The van der Waals surface area contributed by atoms with Gasteiger partial charge in [-0.25, -0.2) is 9.65 Å². The fourth-order valence-corrected chi connectivity index (χ4v) is 4.73. The van der Waals surface area contributed by atoms with E-state index in [1.807, 2.05) is 13.8 Å². The fourth-order valence-electron chi connectivity index (χ4n) is 3.36. The molecule has 0 saturated carbocycles. The zero-order valence-electron chi connectivity index (χ0n) is 18.6. The minimum Gasteiger partial charge on any atom is -0.297 e. The highest BCUT2D eigenvalue weighted by Crippen LogP contribution is 2.43. The first-order chi connectivity index (χ1) is 13.2. The van der Waals surface area contributed by atoms with Crippen LogP contribution in [0.2, 0.25) is 0 Å². The van der Waals surface area contributed by atoms with Crippen LogP contribution in [-0.2, 0) is 13.6 Å². The Kier molecular flexibility index (Phi) is 20.9. The van der Waals surface area contributed by atoms with Gasteiger partial charge in [-0.05, 0) is 20.3 Å². The molecule has 0 aromatic rings. The summed E-state index contributed by atoms with van der Waals surface area (Å²) in [6, 6.07) is 0. The zero-order valence-corrected chi connectivity index (χ0v) is 19.5. The molecule has 0 aliphatic heterocycles. The Morgan fingerprint density at radius 3 is 1.22 bits per heavy atom. The SMILES string of the molecule is CCCCCCCCCCCCCCCCCCNP(=O)(OCC)OCC. The van der Waals surface area contributed by atoms with Crippen LogP contribution in [0.25, 0.3) is 0 Å². The van der Waals surface area contributed by atoms with E-state index in [0.717, 1.165) is 6.42 Å². The van der Waals surface area contributed by atoms with Gasteiger partial charge in [0.05, 0.1) is 13.2 Å². The lowest BCUT2D eigenvalue weighted by molar-refractivity contribution is 0.210. The van der Waals surface area contributed by atoms with Crippen molar-refractivity contribution in [2.45, 2.75) is 124 Å². The summed E-state index contributed by atoms with van der Waals surface area (Å²) in [5.41, 5.74) is 0. The van der Waals surface area contributed by atoms with Gasteiger partial charge in [-0.3, -0.25) is 9.05 Å².